The van der Waals surface area contributed by atoms with Crippen molar-refractivity contribution in [2.75, 3.05) is 23.8 Å². The molecule has 0 aliphatic heterocycles. The Kier molecular flexibility index (Phi) is 6.02. The third kappa shape index (κ3) is 4.41. The lowest BCUT2D eigenvalue weighted by molar-refractivity contribution is 0.102. The fourth-order valence-electron chi connectivity index (χ4n) is 2.66. The molecule has 3 aromatic rings. The molecule has 0 unspecified atom stereocenters. The summed E-state index contributed by atoms with van der Waals surface area (Å²) in [6, 6.07) is 14.8. The Morgan fingerprint density at radius 1 is 0.967 bits per heavy atom. The van der Waals surface area contributed by atoms with Crippen LogP contribution in [0.4, 0.5) is 20.2 Å². The van der Waals surface area contributed by atoms with Crippen LogP contribution in [-0.2, 0) is 10.0 Å². The minimum Gasteiger partial charge on any atom is -0.497 e. The van der Waals surface area contributed by atoms with E-state index in [4.69, 9.17) is 4.74 Å². The monoisotopic (exact) mass is 432 g/mol. The zero-order chi connectivity index (χ0) is 21.9. The number of nitrogens with zero attached hydrogens (tertiary/aromatic N) is 1. The van der Waals surface area contributed by atoms with Crippen molar-refractivity contribution in [1.82, 2.24) is 0 Å². The topological polar surface area (TPSA) is 75.7 Å². The molecule has 0 aliphatic carbocycles. The van der Waals surface area contributed by atoms with Crippen molar-refractivity contribution >= 4 is 27.3 Å². The van der Waals surface area contributed by atoms with Gasteiger partial charge in [0, 0.05) is 24.4 Å². The summed E-state index contributed by atoms with van der Waals surface area (Å²) >= 11 is 0. The van der Waals surface area contributed by atoms with E-state index in [0.29, 0.717) is 11.4 Å². The second-order valence-electron chi connectivity index (χ2n) is 6.28. The number of carbonyl (C=O) groups excluding carboxylic acids is 1. The number of hydrogen-bond donors (Lipinski definition) is 1. The molecule has 3 aromatic carbocycles. The molecule has 1 amide bonds. The van der Waals surface area contributed by atoms with Crippen molar-refractivity contribution < 1.29 is 26.7 Å². The van der Waals surface area contributed by atoms with Gasteiger partial charge < -0.3 is 10.1 Å². The van der Waals surface area contributed by atoms with Crippen LogP contribution in [0.3, 0.4) is 0 Å². The fourth-order valence-corrected chi connectivity index (χ4v) is 3.91. The van der Waals surface area contributed by atoms with E-state index in [1.807, 2.05) is 0 Å². The Labute approximate surface area is 172 Å². The third-order valence-electron chi connectivity index (χ3n) is 4.37. The molecule has 30 heavy (non-hydrogen) atoms. The van der Waals surface area contributed by atoms with Gasteiger partial charge in [0.15, 0.2) is 11.6 Å². The second kappa shape index (κ2) is 8.50. The summed E-state index contributed by atoms with van der Waals surface area (Å²) in [6.07, 6.45) is 0. The highest BCUT2D eigenvalue weighted by atomic mass is 32.2. The van der Waals surface area contributed by atoms with Crippen LogP contribution in [-0.4, -0.2) is 28.5 Å². The molecule has 0 saturated heterocycles. The van der Waals surface area contributed by atoms with Gasteiger partial charge in [-0.2, -0.15) is 0 Å². The number of anilines is 2. The molecule has 0 atom stereocenters. The van der Waals surface area contributed by atoms with Crippen molar-refractivity contribution in [3.8, 4) is 5.75 Å². The molecule has 6 nitrogen and oxygen atoms in total. The molecule has 0 bridgehead atoms. The molecule has 0 aromatic heterocycles. The summed E-state index contributed by atoms with van der Waals surface area (Å²) < 4.78 is 58.5. The Bertz CT molecular complexity index is 1180. The third-order valence-corrected chi connectivity index (χ3v) is 6.15. The Hall–Kier alpha value is -3.46. The molecule has 1 N–H and O–H groups in total. The highest BCUT2D eigenvalue weighted by Gasteiger charge is 2.22. The smallest absolute Gasteiger partial charge is 0.264 e. The molecule has 0 heterocycles. The Morgan fingerprint density at radius 3 is 2.30 bits per heavy atom. The predicted octanol–water partition coefficient (Wildman–Crippen LogP) is 4.05. The molecular formula is C21H18F2N2O4S. The average Bonchev–Trinajstić information content (AvgIpc) is 2.76. The number of methoxy groups -OCH3 is 1. The van der Waals surface area contributed by atoms with Crippen LogP contribution in [0, 0.1) is 11.6 Å². The second-order valence-corrected chi connectivity index (χ2v) is 8.25. The summed E-state index contributed by atoms with van der Waals surface area (Å²) in [5.74, 6) is -2.22. The Balaban J connectivity index is 1.85. The van der Waals surface area contributed by atoms with Crippen molar-refractivity contribution in [3.05, 3.63) is 83.9 Å². The number of sulfonamides is 1. The van der Waals surface area contributed by atoms with Crippen molar-refractivity contribution in [2.24, 2.45) is 0 Å². The van der Waals surface area contributed by atoms with Crippen molar-refractivity contribution in [3.63, 3.8) is 0 Å². The van der Waals surface area contributed by atoms with E-state index >= 15 is 0 Å². The van der Waals surface area contributed by atoms with Gasteiger partial charge in [-0.15, -0.1) is 0 Å². The van der Waals surface area contributed by atoms with Gasteiger partial charge in [-0.05, 0) is 54.6 Å². The molecule has 3 rings (SSSR count). The van der Waals surface area contributed by atoms with E-state index in [2.05, 4.69) is 5.32 Å². The molecule has 0 fully saturated rings. The fraction of sp³-hybridized carbons (Fsp3) is 0.0952. The van der Waals surface area contributed by atoms with Crippen LogP contribution in [0.5, 0.6) is 5.75 Å². The van der Waals surface area contributed by atoms with E-state index in [9.17, 15) is 22.0 Å². The first-order chi connectivity index (χ1) is 14.2. The molecule has 0 aliphatic rings. The highest BCUT2D eigenvalue weighted by molar-refractivity contribution is 7.92. The van der Waals surface area contributed by atoms with Gasteiger partial charge in [-0.3, -0.25) is 9.10 Å². The van der Waals surface area contributed by atoms with Crippen LogP contribution in [0.15, 0.2) is 71.6 Å². The van der Waals surface area contributed by atoms with Crippen LogP contribution < -0.4 is 14.4 Å². The maximum absolute atomic E-state index is 13.3. The summed E-state index contributed by atoms with van der Waals surface area (Å²) in [4.78, 5) is 12.4. The van der Waals surface area contributed by atoms with Crippen LogP contribution in [0.1, 0.15) is 10.4 Å². The number of amides is 1. The first-order valence-electron chi connectivity index (χ1n) is 8.72. The van der Waals surface area contributed by atoms with Crippen LogP contribution in [0.25, 0.3) is 0 Å². The minimum atomic E-state index is -3.95. The van der Waals surface area contributed by atoms with Crippen molar-refractivity contribution in [2.45, 2.75) is 4.90 Å². The minimum absolute atomic E-state index is 0.0440. The summed E-state index contributed by atoms with van der Waals surface area (Å²) in [5.41, 5.74) is 0.499. The number of benzene rings is 3. The van der Waals surface area contributed by atoms with Gasteiger partial charge >= 0.3 is 0 Å². The normalized spacial score (nSPS) is 11.1. The SMILES string of the molecule is COc1ccc(N(C)S(=O)(=O)c2cccc(C(=O)Nc3ccc(F)c(F)c3)c2)cc1. The molecule has 0 radical (unpaired) electrons. The molecule has 0 saturated carbocycles. The van der Waals surface area contributed by atoms with Gasteiger partial charge in [-0.25, -0.2) is 17.2 Å². The molecular weight excluding hydrogens is 414 g/mol. The van der Waals surface area contributed by atoms with Gasteiger partial charge in [-0.1, -0.05) is 6.07 Å². The Morgan fingerprint density at radius 2 is 1.67 bits per heavy atom. The lowest BCUT2D eigenvalue weighted by Crippen LogP contribution is -2.26. The maximum Gasteiger partial charge on any atom is 0.264 e. The van der Waals surface area contributed by atoms with Crippen molar-refractivity contribution in [1.29, 1.82) is 0 Å². The maximum atomic E-state index is 13.3. The van der Waals surface area contributed by atoms with E-state index in [1.165, 1.54) is 44.5 Å². The average molecular weight is 432 g/mol. The van der Waals surface area contributed by atoms with E-state index < -0.39 is 27.6 Å². The van der Waals surface area contributed by atoms with Crippen LogP contribution in [0.2, 0.25) is 0 Å². The number of hydrogen-bond acceptors (Lipinski definition) is 4. The van der Waals surface area contributed by atoms with Gasteiger partial charge in [0.2, 0.25) is 0 Å². The highest BCUT2D eigenvalue weighted by Crippen LogP contribution is 2.25. The van der Waals surface area contributed by atoms with Crippen LogP contribution >= 0.6 is 0 Å². The molecule has 9 heteroatoms. The number of carbonyl (C=O) groups is 1. The largest absolute Gasteiger partial charge is 0.497 e. The summed E-state index contributed by atoms with van der Waals surface area (Å²) in [6.45, 7) is 0. The zero-order valence-electron chi connectivity index (χ0n) is 16.1. The standard InChI is InChI=1S/C21H18F2N2O4S/c1-25(16-7-9-17(29-2)10-8-16)30(27,28)18-5-3-4-14(12-18)21(26)24-15-6-11-19(22)20(23)13-15/h3-13H,1-2H3,(H,24,26). The number of rotatable bonds is 6. The summed E-state index contributed by atoms with van der Waals surface area (Å²) in [5, 5.41) is 2.41. The van der Waals surface area contributed by atoms with E-state index in [0.717, 1.165) is 16.4 Å². The number of ether oxygens (including phenoxy) is 1. The van der Waals surface area contributed by atoms with E-state index in [1.54, 1.807) is 24.3 Å². The predicted molar refractivity (Wildman–Crippen MR) is 109 cm³/mol. The molecule has 0 spiro atoms. The zero-order valence-corrected chi connectivity index (χ0v) is 16.9. The first-order valence-corrected chi connectivity index (χ1v) is 10.2. The van der Waals surface area contributed by atoms with Gasteiger partial charge in [0.1, 0.15) is 5.75 Å². The van der Waals surface area contributed by atoms with Gasteiger partial charge in [0.05, 0.1) is 17.7 Å². The van der Waals surface area contributed by atoms with Gasteiger partial charge in [0.25, 0.3) is 15.9 Å². The summed E-state index contributed by atoms with van der Waals surface area (Å²) in [7, 11) is -1.05. The number of halogens is 2. The lowest BCUT2D eigenvalue weighted by atomic mass is 10.2. The quantitative estimate of drug-likeness (QED) is 0.638. The van der Waals surface area contributed by atoms with E-state index in [-0.39, 0.29) is 16.1 Å². The first kappa shape index (κ1) is 21.3. The molecule has 156 valence electrons. The number of nitrogens with one attached hydrogen (secondary N) is 1. The lowest BCUT2D eigenvalue weighted by Gasteiger charge is -2.20.